The van der Waals surface area contributed by atoms with Gasteiger partial charge in [0.2, 0.25) is 0 Å². The number of para-hydroxylation sites is 6. The van der Waals surface area contributed by atoms with Crippen LogP contribution in [0, 0.1) is 64.3 Å². The topological polar surface area (TPSA) is 354 Å². The number of aliphatic hydroxyl groups excluding tert-OH is 1. The first-order valence-corrected chi connectivity index (χ1v) is 24.7. The largest absolute Gasteiger partial charge is 3.00 e. The molecule has 0 atom stereocenters. The fourth-order valence-corrected chi connectivity index (χ4v) is 7.26. The van der Waals surface area contributed by atoms with Crippen molar-refractivity contribution in [2.24, 2.45) is 40.8 Å². The number of rotatable bonds is 24. The number of methoxy groups -OCH3 is 6. The Kier molecular flexibility index (Phi) is 37.0. The van der Waals surface area contributed by atoms with Crippen molar-refractivity contribution in [3.8, 4) is 69.0 Å². The Morgan fingerprint density at radius 2 is 0.506 bits per heavy atom. The van der Waals surface area contributed by atoms with Crippen LogP contribution in [-0.4, -0.2) is 137 Å². The third-order valence-electron chi connectivity index (χ3n) is 11.6. The molecule has 6 aromatic rings. The summed E-state index contributed by atoms with van der Waals surface area (Å²) >= 11 is 0. The third-order valence-corrected chi connectivity index (χ3v) is 11.6. The molecule has 461 valence electrons. The summed E-state index contributed by atoms with van der Waals surface area (Å²) < 4.78 is 30.6. The van der Waals surface area contributed by atoms with Gasteiger partial charge in [-0.3, -0.25) is 30.0 Å². The van der Waals surface area contributed by atoms with Crippen molar-refractivity contribution in [3.63, 3.8) is 0 Å². The molecule has 0 aromatic heterocycles. The van der Waals surface area contributed by atoms with Crippen LogP contribution in [0.25, 0.3) is 0 Å². The Bertz CT molecular complexity index is 2660. The van der Waals surface area contributed by atoms with Gasteiger partial charge >= 0.3 is 33.6 Å². The summed E-state index contributed by atoms with van der Waals surface area (Å²) in [6, 6.07) is 29.9. The molecule has 0 fully saturated rings. The monoisotopic (exact) mass is 1410 g/mol. The maximum Gasteiger partial charge on any atom is 3.00 e. The van der Waals surface area contributed by atoms with Crippen LogP contribution < -0.4 is 59.1 Å². The second-order valence-electron chi connectivity index (χ2n) is 17.9. The zero-order chi connectivity index (χ0) is 60.7. The maximum absolute atomic E-state index is 12.4. The van der Waals surface area contributed by atoms with Gasteiger partial charge in [-0.05, 0) is 69.8 Å². The van der Waals surface area contributed by atoms with Gasteiger partial charge < -0.3 is 79.5 Å². The summed E-state index contributed by atoms with van der Waals surface area (Å²) in [5.74, 6) is -0.0677. The van der Waals surface area contributed by atoms with Gasteiger partial charge in [-0.1, -0.05) is 121 Å². The molecule has 0 spiro atoms. The number of nitrogens with zero attached hydrogens (tertiary/aromatic N) is 7. The molecule has 0 heterocycles. The van der Waals surface area contributed by atoms with Gasteiger partial charge in [0, 0.05) is 133 Å². The summed E-state index contributed by atoms with van der Waals surface area (Å²) in [7, 11) is 9.64. The van der Waals surface area contributed by atoms with E-state index < -0.39 is 15.9 Å². The zero-order valence-electron chi connectivity index (χ0n) is 47.8. The molecule has 0 aliphatic rings. The first kappa shape index (κ1) is 77.4. The van der Waals surface area contributed by atoms with Crippen LogP contribution in [0.5, 0.6) is 69.0 Å². The normalized spacial score (nSPS) is 12.2. The molecule has 23 nitrogen and oxygen atoms in total. The first-order chi connectivity index (χ1) is 39.4. The average molecular weight is 1410 g/mol. The van der Waals surface area contributed by atoms with Crippen LogP contribution in [0.3, 0.4) is 0 Å². The van der Waals surface area contributed by atoms with Crippen molar-refractivity contribution in [2.75, 3.05) is 89.0 Å². The van der Waals surface area contributed by atoms with Crippen LogP contribution in [0.15, 0.2) is 139 Å². The summed E-state index contributed by atoms with van der Waals surface area (Å²) in [6.45, 7) is 5.57. The van der Waals surface area contributed by atoms with Crippen LogP contribution in [0.1, 0.15) is 47.2 Å². The van der Waals surface area contributed by atoms with Crippen molar-refractivity contribution in [1.29, 1.82) is 0 Å². The third kappa shape index (κ3) is 24.9. The molecule has 0 bridgehead atoms. The second-order valence-corrected chi connectivity index (χ2v) is 17.9. The van der Waals surface area contributed by atoms with Gasteiger partial charge in [-0.25, -0.2) is 0 Å². The van der Waals surface area contributed by atoms with Gasteiger partial charge in [-0.2, -0.15) is 0 Å². The van der Waals surface area contributed by atoms with Crippen molar-refractivity contribution in [2.45, 2.75) is 13.8 Å². The standard InChI is InChI=1S/2C29H33N3O6.CH4O.2Co.Dy.NO3/c2*1-29(17-30-14-20-8-5-11-23(36-2)26(20)33,18-31-15-21-9-6-12-24(37-3)27(21)34)19-32-16-22-10-7-13-25(38-4)28(22)35;1-2;;;;2-1(3)4/h2*5-16,33-35H,17-19H2,1-4H3;2H,1H3;;;;/q;;;+2;+3;;-1/p-6. The molecule has 1 radical (unpaired) electrons. The first-order valence-electron chi connectivity index (χ1n) is 24.7. The van der Waals surface area contributed by atoms with E-state index >= 15 is 0 Å². The summed E-state index contributed by atoms with van der Waals surface area (Å²) in [4.78, 5) is 35.2. The van der Waals surface area contributed by atoms with E-state index in [1.807, 2.05) is 13.8 Å². The maximum atomic E-state index is 12.4. The quantitative estimate of drug-likeness (QED) is 0.0493. The van der Waals surface area contributed by atoms with Crippen LogP contribution in [0.4, 0.5) is 0 Å². The SMILES string of the molecule is CO.COc1cccc(C=NCC(C)(CN=Cc2cccc(OC)c2[O-])CN=Cc2cccc(OC)c2[O-])c1[O-].COc1cccc(C=NCC(C)(CN=Cc2cccc(OC)c2[O-])CN=Cc2cccc(OC)c2[O-])c1[O-].O=[N+]([O-])[O-].[Co+2].[Co+3].[Dy]. The second kappa shape index (κ2) is 40.6. The van der Waals surface area contributed by atoms with Crippen LogP contribution in [-0.2, 0) is 33.6 Å². The number of aliphatic hydroxyl groups is 1. The summed E-state index contributed by atoms with van der Waals surface area (Å²) in [5.41, 5.74) is 1.23. The Morgan fingerprint density at radius 3 is 0.624 bits per heavy atom. The molecule has 1 N–H and O–H groups in total. The Labute approximate surface area is 544 Å². The van der Waals surface area contributed by atoms with E-state index in [4.69, 9.17) is 48.8 Å². The van der Waals surface area contributed by atoms with E-state index in [0.29, 0.717) is 33.4 Å². The molecule has 85 heavy (non-hydrogen) atoms. The van der Waals surface area contributed by atoms with Gasteiger partial charge in [0.25, 0.3) is 0 Å². The molecule has 0 aliphatic heterocycles. The van der Waals surface area contributed by atoms with Gasteiger partial charge in [0.1, 0.15) is 34.5 Å². The number of aliphatic imine (C=N–C) groups is 6. The van der Waals surface area contributed by atoms with E-state index in [2.05, 4.69) is 30.0 Å². The van der Waals surface area contributed by atoms with Crippen molar-refractivity contribution >= 4 is 37.3 Å². The van der Waals surface area contributed by atoms with Crippen molar-refractivity contribution in [3.05, 3.63) is 158 Å². The van der Waals surface area contributed by atoms with Crippen molar-refractivity contribution in [1.82, 2.24) is 0 Å². The van der Waals surface area contributed by atoms with E-state index in [-0.39, 0.29) is 180 Å². The predicted octanol–water partition coefficient (Wildman–Crippen LogP) is 4.56. The number of ether oxygens (including phenoxy) is 6. The average Bonchev–Trinajstić information content (AvgIpc) is 3.58. The minimum atomic E-state index is -1.75. The Balaban J connectivity index is 0.00000147. The number of benzene rings is 6. The van der Waals surface area contributed by atoms with Crippen molar-refractivity contribution < 1.29 is 141 Å². The molecule has 0 amide bonds. The molecular weight excluding hydrogens is 1340 g/mol. The fraction of sp³-hybridized carbons (Fsp3) is 0.288. The van der Waals surface area contributed by atoms with E-state index in [9.17, 15) is 30.6 Å². The van der Waals surface area contributed by atoms with E-state index in [1.54, 1.807) is 109 Å². The van der Waals surface area contributed by atoms with Gasteiger partial charge in [-0.15, -0.1) is 0 Å². The molecule has 0 saturated heterocycles. The molecule has 6 rings (SSSR count). The fourth-order valence-electron chi connectivity index (χ4n) is 7.26. The van der Waals surface area contributed by atoms with Gasteiger partial charge in [0.15, 0.2) is 0 Å². The molecule has 0 aliphatic carbocycles. The van der Waals surface area contributed by atoms with E-state index in [1.165, 1.54) is 79.9 Å². The Hall–Kier alpha value is -7.61. The molecular formula is C59H64Co2DyN7O16-2. The van der Waals surface area contributed by atoms with Gasteiger partial charge in [0.05, 0.1) is 47.7 Å². The summed E-state index contributed by atoms with van der Waals surface area (Å²) in [6.07, 6.45) is 9.04. The zero-order valence-corrected chi connectivity index (χ0v) is 51.9. The summed E-state index contributed by atoms with van der Waals surface area (Å²) in [5, 5.41) is 96.4. The predicted molar refractivity (Wildman–Crippen MR) is 304 cm³/mol. The van der Waals surface area contributed by atoms with Crippen LogP contribution >= 0.6 is 0 Å². The number of hydrogen-bond donors (Lipinski definition) is 1. The smallest absolute Gasteiger partial charge is 0.870 e. The minimum absolute atomic E-state index is 0. The molecule has 0 saturated carbocycles. The minimum Gasteiger partial charge on any atom is -0.870 e. The Morgan fingerprint density at radius 1 is 0.376 bits per heavy atom. The molecule has 26 heteroatoms. The van der Waals surface area contributed by atoms with E-state index in [0.717, 1.165) is 7.11 Å². The van der Waals surface area contributed by atoms with Crippen LogP contribution in [0.2, 0.25) is 0 Å². The number of hydrogen-bond acceptors (Lipinski definition) is 22. The molecule has 6 aromatic carbocycles. The molecule has 0 unspecified atom stereocenters.